The number of unbranched alkanes of at least 4 members (excludes halogenated alkanes) is 1. The van der Waals surface area contributed by atoms with Crippen LogP contribution in [-0.2, 0) is 14.8 Å². The molecule has 0 aromatic heterocycles. The Labute approximate surface area is 200 Å². The van der Waals surface area contributed by atoms with Crippen molar-refractivity contribution in [3.8, 4) is 11.5 Å². The number of nitrogens with zero attached hydrogens (tertiary/aromatic N) is 1. The van der Waals surface area contributed by atoms with Crippen LogP contribution in [0.1, 0.15) is 43.0 Å². The Hall–Kier alpha value is -3.27. The van der Waals surface area contributed by atoms with Gasteiger partial charge in [-0.15, -0.1) is 0 Å². The SMILES string of the molecule is CCCCNC(=O)[C@H]1CCCN1C(=O)c1ccc(NS(=O)(=O)c2ccc(OC)c(OC)c2)cc1. The number of carbonyl (C=O) groups excluding carboxylic acids is 2. The first kappa shape index (κ1) is 25.4. The van der Waals surface area contributed by atoms with Gasteiger partial charge in [-0.1, -0.05) is 13.3 Å². The summed E-state index contributed by atoms with van der Waals surface area (Å²) >= 11 is 0. The van der Waals surface area contributed by atoms with Gasteiger partial charge in [-0.2, -0.15) is 0 Å². The molecule has 0 aliphatic carbocycles. The average Bonchev–Trinajstić information content (AvgIpc) is 3.33. The molecule has 1 saturated heterocycles. The van der Waals surface area contributed by atoms with Gasteiger partial charge in [-0.25, -0.2) is 8.42 Å². The van der Waals surface area contributed by atoms with Crippen LogP contribution in [0.3, 0.4) is 0 Å². The van der Waals surface area contributed by atoms with Gasteiger partial charge in [-0.05, 0) is 55.7 Å². The van der Waals surface area contributed by atoms with Crippen molar-refractivity contribution < 1.29 is 27.5 Å². The average molecular weight is 490 g/mol. The van der Waals surface area contributed by atoms with E-state index in [9.17, 15) is 18.0 Å². The van der Waals surface area contributed by atoms with Crippen molar-refractivity contribution in [2.24, 2.45) is 0 Å². The fraction of sp³-hybridized carbons (Fsp3) is 0.417. The van der Waals surface area contributed by atoms with Crippen molar-refractivity contribution in [3.63, 3.8) is 0 Å². The molecule has 2 aromatic carbocycles. The highest BCUT2D eigenvalue weighted by Crippen LogP contribution is 2.30. The zero-order chi connectivity index (χ0) is 24.7. The molecule has 0 unspecified atom stereocenters. The van der Waals surface area contributed by atoms with Gasteiger partial charge in [0.1, 0.15) is 6.04 Å². The van der Waals surface area contributed by atoms with Gasteiger partial charge in [0.05, 0.1) is 19.1 Å². The minimum Gasteiger partial charge on any atom is -0.493 e. The molecule has 9 nitrogen and oxygen atoms in total. The number of methoxy groups -OCH3 is 2. The molecule has 2 amide bonds. The van der Waals surface area contributed by atoms with Crippen molar-refractivity contribution in [1.82, 2.24) is 10.2 Å². The standard InChI is InChI=1S/C24H31N3O6S/c1-4-5-14-25-23(28)20-7-6-15-27(20)24(29)17-8-10-18(11-9-17)26-34(30,31)19-12-13-21(32-2)22(16-19)33-3/h8-13,16,20,26H,4-7,14-15H2,1-3H3,(H,25,28)/t20-/m1/s1. The monoisotopic (exact) mass is 489 g/mol. The number of hydrogen-bond acceptors (Lipinski definition) is 6. The maximum Gasteiger partial charge on any atom is 0.262 e. The third kappa shape index (κ3) is 5.80. The number of ether oxygens (including phenoxy) is 2. The van der Waals surface area contributed by atoms with Crippen LogP contribution in [0.5, 0.6) is 11.5 Å². The number of anilines is 1. The van der Waals surface area contributed by atoms with Gasteiger partial charge in [0.25, 0.3) is 15.9 Å². The van der Waals surface area contributed by atoms with E-state index in [2.05, 4.69) is 17.0 Å². The second-order valence-electron chi connectivity index (χ2n) is 8.00. The summed E-state index contributed by atoms with van der Waals surface area (Å²) in [6.07, 6.45) is 3.27. The lowest BCUT2D eigenvalue weighted by Gasteiger charge is -2.24. The molecule has 1 fully saturated rings. The van der Waals surface area contributed by atoms with E-state index in [1.54, 1.807) is 17.0 Å². The predicted octanol–water partition coefficient (Wildman–Crippen LogP) is 3.03. The van der Waals surface area contributed by atoms with Crippen LogP contribution in [0, 0.1) is 0 Å². The van der Waals surface area contributed by atoms with E-state index in [1.807, 2.05) is 0 Å². The molecule has 0 saturated carbocycles. The molecule has 1 aliphatic heterocycles. The Morgan fingerprint density at radius 2 is 1.76 bits per heavy atom. The lowest BCUT2D eigenvalue weighted by atomic mass is 10.1. The Kier molecular flexibility index (Phi) is 8.38. The molecule has 34 heavy (non-hydrogen) atoms. The summed E-state index contributed by atoms with van der Waals surface area (Å²) < 4.78 is 38.4. The van der Waals surface area contributed by atoms with Crippen molar-refractivity contribution >= 4 is 27.5 Å². The van der Waals surface area contributed by atoms with Gasteiger partial charge < -0.3 is 19.7 Å². The second kappa shape index (κ2) is 11.2. The Morgan fingerprint density at radius 3 is 2.41 bits per heavy atom. The van der Waals surface area contributed by atoms with E-state index in [-0.39, 0.29) is 16.7 Å². The van der Waals surface area contributed by atoms with Gasteiger partial charge in [-0.3, -0.25) is 14.3 Å². The molecular formula is C24H31N3O6S. The van der Waals surface area contributed by atoms with E-state index in [0.717, 1.165) is 19.3 Å². The highest BCUT2D eigenvalue weighted by atomic mass is 32.2. The molecule has 2 N–H and O–H groups in total. The highest BCUT2D eigenvalue weighted by Gasteiger charge is 2.34. The molecule has 2 aromatic rings. The summed E-state index contributed by atoms with van der Waals surface area (Å²) in [6, 6.07) is 9.99. The Morgan fingerprint density at radius 1 is 1.06 bits per heavy atom. The quantitative estimate of drug-likeness (QED) is 0.496. The first-order valence-corrected chi connectivity index (χ1v) is 12.7. The summed E-state index contributed by atoms with van der Waals surface area (Å²) in [5.41, 5.74) is 0.698. The third-order valence-electron chi connectivity index (χ3n) is 5.70. The van der Waals surface area contributed by atoms with Crippen LogP contribution < -0.4 is 19.5 Å². The summed E-state index contributed by atoms with van der Waals surface area (Å²) in [6.45, 7) is 3.16. The van der Waals surface area contributed by atoms with E-state index in [0.29, 0.717) is 42.3 Å². The van der Waals surface area contributed by atoms with Gasteiger partial charge in [0, 0.05) is 30.4 Å². The minimum atomic E-state index is -3.88. The smallest absolute Gasteiger partial charge is 0.262 e. The van der Waals surface area contributed by atoms with Crippen molar-refractivity contribution in [3.05, 3.63) is 48.0 Å². The predicted molar refractivity (Wildman–Crippen MR) is 129 cm³/mol. The number of carbonyl (C=O) groups is 2. The van der Waals surface area contributed by atoms with E-state index < -0.39 is 16.1 Å². The lowest BCUT2D eigenvalue weighted by molar-refractivity contribution is -0.124. The fourth-order valence-corrected chi connectivity index (χ4v) is 4.91. The number of sulfonamides is 1. The fourth-order valence-electron chi connectivity index (χ4n) is 3.83. The zero-order valence-corrected chi connectivity index (χ0v) is 20.5. The number of rotatable bonds is 10. The first-order chi connectivity index (χ1) is 16.3. The van der Waals surface area contributed by atoms with Gasteiger partial charge in [0.15, 0.2) is 11.5 Å². The van der Waals surface area contributed by atoms with Crippen LogP contribution in [-0.4, -0.2) is 58.5 Å². The second-order valence-corrected chi connectivity index (χ2v) is 9.68. The van der Waals surface area contributed by atoms with Crippen molar-refractivity contribution in [2.75, 3.05) is 32.0 Å². The molecule has 0 radical (unpaired) electrons. The number of benzene rings is 2. The van der Waals surface area contributed by atoms with Crippen LogP contribution in [0.25, 0.3) is 0 Å². The van der Waals surface area contributed by atoms with Crippen LogP contribution >= 0.6 is 0 Å². The van der Waals surface area contributed by atoms with E-state index in [4.69, 9.17) is 9.47 Å². The van der Waals surface area contributed by atoms with Crippen LogP contribution in [0.15, 0.2) is 47.4 Å². The zero-order valence-electron chi connectivity index (χ0n) is 19.7. The normalized spacial score (nSPS) is 15.6. The minimum absolute atomic E-state index is 0.0132. The molecule has 1 aliphatic rings. The number of hydrogen-bond donors (Lipinski definition) is 2. The molecule has 0 spiro atoms. The molecule has 10 heteroatoms. The Balaban J connectivity index is 1.70. The maximum atomic E-state index is 13.0. The number of amides is 2. The molecule has 1 atom stereocenters. The molecule has 3 rings (SSSR count). The Bertz CT molecular complexity index is 1120. The topological polar surface area (TPSA) is 114 Å². The number of likely N-dealkylation sites (tertiary alicyclic amines) is 1. The van der Waals surface area contributed by atoms with Crippen LogP contribution in [0.4, 0.5) is 5.69 Å². The molecule has 184 valence electrons. The lowest BCUT2D eigenvalue weighted by Crippen LogP contribution is -2.46. The van der Waals surface area contributed by atoms with Crippen molar-refractivity contribution in [2.45, 2.75) is 43.5 Å². The van der Waals surface area contributed by atoms with E-state index >= 15 is 0 Å². The van der Waals surface area contributed by atoms with E-state index in [1.165, 1.54) is 44.6 Å². The van der Waals surface area contributed by atoms with Crippen molar-refractivity contribution in [1.29, 1.82) is 0 Å². The van der Waals surface area contributed by atoms with Gasteiger partial charge >= 0.3 is 0 Å². The number of nitrogens with one attached hydrogen (secondary N) is 2. The summed E-state index contributed by atoms with van der Waals surface area (Å²) in [5, 5.41) is 2.90. The highest BCUT2D eigenvalue weighted by molar-refractivity contribution is 7.92. The maximum absolute atomic E-state index is 13.0. The first-order valence-electron chi connectivity index (χ1n) is 11.2. The summed E-state index contributed by atoms with van der Waals surface area (Å²) in [4.78, 5) is 27.1. The van der Waals surface area contributed by atoms with Gasteiger partial charge in [0.2, 0.25) is 5.91 Å². The molecule has 0 bridgehead atoms. The summed E-state index contributed by atoms with van der Waals surface area (Å²) in [5.74, 6) is 0.342. The molecule has 1 heterocycles. The third-order valence-corrected chi connectivity index (χ3v) is 7.07. The molecular weight excluding hydrogens is 458 g/mol. The van der Waals surface area contributed by atoms with Crippen LogP contribution in [0.2, 0.25) is 0 Å². The largest absolute Gasteiger partial charge is 0.493 e. The summed E-state index contributed by atoms with van der Waals surface area (Å²) in [7, 11) is -0.988.